The Morgan fingerprint density at radius 2 is 1.95 bits per heavy atom. The van der Waals surface area contributed by atoms with Crippen LogP contribution < -0.4 is 0 Å². The standard InChI is InChI=1S/C18H23N3O/c1-20-12-15(11-19-20)13-6-8-21(9-7-13)17-10-14-4-2-3-5-16(14)18(17)22/h2-5,11-13,17-18,22H,6-10H2,1H3. The van der Waals surface area contributed by atoms with Gasteiger partial charge in [-0.3, -0.25) is 9.58 Å². The maximum atomic E-state index is 10.6. The normalized spacial score (nSPS) is 26.3. The van der Waals surface area contributed by atoms with Crippen molar-refractivity contribution in [2.24, 2.45) is 7.05 Å². The number of benzene rings is 1. The van der Waals surface area contributed by atoms with Crippen molar-refractivity contribution in [3.8, 4) is 0 Å². The van der Waals surface area contributed by atoms with E-state index in [2.05, 4.69) is 34.4 Å². The Morgan fingerprint density at radius 3 is 2.64 bits per heavy atom. The smallest absolute Gasteiger partial charge is 0.0951 e. The number of hydrogen-bond acceptors (Lipinski definition) is 3. The van der Waals surface area contributed by atoms with Crippen molar-refractivity contribution in [3.05, 3.63) is 53.3 Å². The Bertz CT molecular complexity index is 658. The molecular formula is C18H23N3O. The summed E-state index contributed by atoms with van der Waals surface area (Å²) in [5.74, 6) is 0.617. The van der Waals surface area contributed by atoms with Crippen LogP contribution in [0.15, 0.2) is 36.7 Å². The third-order valence-corrected chi connectivity index (χ3v) is 5.36. The highest BCUT2D eigenvalue weighted by molar-refractivity contribution is 5.36. The van der Waals surface area contributed by atoms with E-state index in [1.807, 2.05) is 24.0 Å². The summed E-state index contributed by atoms with van der Waals surface area (Å²) in [5.41, 5.74) is 3.80. The molecule has 1 fully saturated rings. The molecule has 0 radical (unpaired) electrons. The molecule has 0 spiro atoms. The number of likely N-dealkylation sites (tertiary alicyclic amines) is 1. The Balaban J connectivity index is 1.42. The number of fused-ring (bicyclic) bond motifs is 1. The lowest BCUT2D eigenvalue weighted by Gasteiger charge is -2.37. The molecule has 4 heteroatoms. The second kappa shape index (κ2) is 5.52. The fourth-order valence-electron chi connectivity index (χ4n) is 4.10. The summed E-state index contributed by atoms with van der Waals surface area (Å²) < 4.78 is 1.89. The van der Waals surface area contributed by atoms with Crippen molar-refractivity contribution in [2.75, 3.05) is 13.1 Å². The van der Waals surface area contributed by atoms with Crippen LogP contribution in [-0.4, -0.2) is 38.9 Å². The van der Waals surface area contributed by atoms with Crippen LogP contribution in [0.3, 0.4) is 0 Å². The van der Waals surface area contributed by atoms with Crippen LogP contribution in [-0.2, 0) is 13.5 Å². The monoisotopic (exact) mass is 297 g/mol. The molecule has 2 atom stereocenters. The molecule has 4 nitrogen and oxygen atoms in total. The second-order valence-corrected chi connectivity index (χ2v) is 6.67. The Kier molecular flexibility index (Phi) is 3.51. The van der Waals surface area contributed by atoms with Crippen molar-refractivity contribution in [1.82, 2.24) is 14.7 Å². The summed E-state index contributed by atoms with van der Waals surface area (Å²) in [4.78, 5) is 2.48. The van der Waals surface area contributed by atoms with Gasteiger partial charge in [-0.05, 0) is 55.0 Å². The van der Waals surface area contributed by atoms with E-state index in [1.54, 1.807) is 0 Å². The predicted octanol–water partition coefficient (Wildman–Crippen LogP) is 2.26. The van der Waals surface area contributed by atoms with Gasteiger partial charge in [0.05, 0.1) is 12.3 Å². The molecule has 1 aromatic heterocycles. The SMILES string of the molecule is Cn1cc(C2CCN(C3Cc4ccccc4C3O)CC2)cn1. The zero-order valence-electron chi connectivity index (χ0n) is 13.0. The van der Waals surface area contributed by atoms with Crippen LogP contribution in [0.4, 0.5) is 0 Å². The Labute approximate surface area is 131 Å². The highest BCUT2D eigenvalue weighted by Crippen LogP contribution is 2.37. The van der Waals surface area contributed by atoms with E-state index in [0.717, 1.165) is 37.9 Å². The average Bonchev–Trinajstić information content (AvgIpc) is 3.12. The van der Waals surface area contributed by atoms with E-state index in [9.17, 15) is 5.11 Å². The first-order chi connectivity index (χ1) is 10.7. The molecule has 0 bridgehead atoms. The molecule has 1 saturated heterocycles. The average molecular weight is 297 g/mol. The van der Waals surface area contributed by atoms with E-state index >= 15 is 0 Å². The van der Waals surface area contributed by atoms with E-state index in [4.69, 9.17) is 0 Å². The molecule has 22 heavy (non-hydrogen) atoms. The fourth-order valence-corrected chi connectivity index (χ4v) is 4.10. The first kappa shape index (κ1) is 14.0. The molecule has 2 aromatic rings. The highest BCUT2D eigenvalue weighted by atomic mass is 16.3. The minimum Gasteiger partial charge on any atom is -0.387 e. The van der Waals surface area contributed by atoms with Gasteiger partial charge in [0.2, 0.25) is 0 Å². The number of aromatic nitrogens is 2. The van der Waals surface area contributed by atoms with Crippen LogP contribution in [0.5, 0.6) is 0 Å². The van der Waals surface area contributed by atoms with Gasteiger partial charge in [-0.1, -0.05) is 24.3 Å². The third-order valence-electron chi connectivity index (χ3n) is 5.36. The molecule has 2 heterocycles. The molecule has 2 unspecified atom stereocenters. The van der Waals surface area contributed by atoms with Crippen LogP contribution in [0.1, 0.15) is 41.6 Å². The highest BCUT2D eigenvalue weighted by Gasteiger charge is 2.36. The minimum absolute atomic E-state index is 0.257. The van der Waals surface area contributed by atoms with Crippen LogP contribution >= 0.6 is 0 Å². The van der Waals surface area contributed by atoms with Gasteiger partial charge in [-0.2, -0.15) is 5.10 Å². The van der Waals surface area contributed by atoms with Crippen LogP contribution in [0.2, 0.25) is 0 Å². The van der Waals surface area contributed by atoms with Gasteiger partial charge in [0.15, 0.2) is 0 Å². The molecule has 0 amide bonds. The van der Waals surface area contributed by atoms with Gasteiger partial charge in [0, 0.05) is 19.3 Å². The number of hydrogen-bond donors (Lipinski definition) is 1. The largest absolute Gasteiger partial charge is 0.387 e. The summed E-state index contributed by atoms with van der Waals surface area (Å²) in [6, 6.07) is 8.58. The summed E-state index contributed by atoms with van der Waals surface area (Å²) >= 11 is 0. The van der Waals surface area contributed by atoms with Gasteiger partial charge in [0.25, 0.3) is 0 Å². The number of aliphatic hydroxyl groups is 1. The molecular weight excluding hydrogens is 274 g/mol. The van der Waals surface area contributed by atoms with Gasteiger partial charge < -0.3 is 5.11 Å². The fraction of sp³-hybridized carbons (Fsp3) is 0.500. The van der Waals surface area contributed by atoms with Gasteiger partial charge in [-0.25, -0.2) is 0 Å². The van der Waals surface area contributed by atoms with Crippen molar-refractivity contribution in [2.45, 2.75) is 37.3 Å². The topological polar surface area (TPSA) is 41.3 Å². The predicted molar refractivity (Wildman–Crippen MR) is 85.6 cm³/mol. The molecule has 2 aliphatic rings. The minimum atomic E-state index is -0.328. The zero-order valence-corrected chi connectivity index (χ0v) is 13.0. The zero-order chi connectivity index (χ0) is 15.1. The molecule has 1 N–H and O–H groups in total. The van der Waals surface area contributed by atoms with E-state index in [-0.39, 0.29) is 12.1 Å². The summed E-state index contributed by atoms with van der Waals surface area (Å²) in [7, 11) is 1.98. The lowest BCUT2D eigenvalue weighted by molar-refractivity contribution is 0.0458. The van der Waals surface area contributed by atoms with Gasteiger partial charge in [0.1, 0.15) is 0 Å². The van der Waals surface area contributed by atoms with Crippen molar-refractivity contribution >= 4 is 0 Å². The maximum Gasteiger partial charge on any atom is 0.0951 e. The third kappa shape index (κ3) is 2.36. The molecule has 1 aromatic carbocycles. The van der Waals surface area contributed by atoms with Gasteiger partial charge in [-0.15, -0.1) is 0 Å². The maximum absolute atomic E-state index is 10.6. The number of rotatable bonds is 2. The first-order valence-electron chi connectivity index (χ1n) is 8.21. The Hall–Kier alpha value is -1.65. The number of piperidine rings is 1. The van der Waals surface area contributed by atoms with E-state index in [0.29, 0.717) is 5.92 Å². The molecule has 1 aliphatic carbocycles. The lowest BCUT2D eigenvalue weighted by atomic mass is 9.90. The van der Waals surface area contributed by atoms with E-state index in [1.165, 1.54) is 11.1 Å². The van der Waals surface area contributed by atoms with Gasteiger partial charge >= 0.3 is 0 Å². The lowest BCUT2D eigenvalue weighted by Crippen LogP contribution is -2.43. The van der Waals surface area contributed by atoms with Crippen molar-refractivity contribution < 1.29 is 5.11 Å². The summed E-state index contributed by atoms with van der Waals surface area (Å²) in [5, 5.41) is 14.9. The van der Waals surface area contributed by atoms with Crippen molar-refractivity contribution in [3.63, 3.8) is 0 Å². The Morgan fingerprint density at radius 1 is 1.18 bits per heavy atom. The first-order valence-corrected chi connectivity index (χ1v) is 8.21. The second-order valence-electron chi connectivity index (χ2n) is 6.67. The molecule has 4 rings (SSSR count). The van der Waals surface area contributed by atoms with E-state index < -0.39 is 0 Å². The number of aryl methyl sites for hydroxylation is 1. The molecule has 0 saturated carbocycles. The quantitative estimate of drug-likeness (QED) is 0.924. The van der Waals surface area contributed by atoms with Crippen molar-refractivity contribution in [1.29, 1.82) is 0 Å². The van der Waals surface area contributed by atoms with Crippen LogP contribution in [0, 0.1) is 0 Å². The van der Waals surface area contributed by atoms with Crippen LogP contribution in [0.25, 0.3) is 0 Å². The number of nitrogens with zero attached hydrogens (tertiary/aromatic N) is 3. The summed E-state index contributed by atoms with van der Waals surface area (Å²) in [6.07, 6.45) is 7.11. The molecule has 1 aliphatic heterocycles. The molecule has 116 valence electrons. The summed E-state index contributed by atoms with van der Waals surface area (Å²) in [6.45, 7) is 2.13. The number of aliphatic hydroxyl groups excluding tert-OH is 1.